The van der Waals surface area contributed by atoms with Crippen LogP contribution in [0.1, 0.15) is 24.5 Å². The van der Waals surface area contributed by atoms with Crippen LogP contribution in [0.3, 0.4) is 0 Å². The molecule has 2 rings (SSSR count). The van der Waals surface area contributed by atoms with Crippen LogP contribution >= 0.6 is 0 Å². The van der Waals surface area contributed by atoms with Gasteiger partial charge in [0.1, 0.15) is 0 Å². The molecule has 21 heavy (non-hydrogen) atoms. The van der Waals surface area contributed by atoms with Gasteiger partial charge in [0.15, 0.2) is 11.6 Å². The van der Waals surface area contributed by atoms with Gasteiger partial charge in [0.2, 0.25) is 0 Å². The van der Waals surface area contributed by atoms with Crippen LogP contribution in [-0.4, -0.2) is 12.6 Å². The Kier molecular flexibility index (Phi) is 5.88. The van der Waals surface area contributed by atoms with E-state index in [2.05, 4.69) is 17.4 Å². The molecule has 3 heteroatoms. The van der Waals surface area contributed by atoms with E-state index >= 15 is 0 Å². The van der Waals surface area contributed by atoms with Crippen LogP contribution in [-0.2, 0) is 12.8 Å². The first-order chi connectivity index (χ1) is 10.2. The van der Waals surface area contributed by atoms with Crippen LogP contribution in [0.5, 0.6) is 0 Å². The lowest BCUT2D eigenvalue weighted by Gasteiger charge is -2.18. The van der Waals surface area contributed by atoms with E-state index in [-0.39, 0.29) is 6.04 Å². The number of aryl methyl sites for hydroxylation is 1. The highest BCUT2D eigenvalue weighted by Crippen LogP contribution is 2.15. The lowest BCUT2D eigenvalue weighted by molar-refractivity contribution is 0.461. The summed E-state index contributed by atoms with van der Waals surface area (Å²) in [5.74, 6) is -1.49. The summed E-state index contributed by atoms with van der Waals surface area (Å²) in [6, 6.07) is 14.7. The molecule has 0 amide bonds. The third-order valence-corrected chi connectivity index (χ3v) is 3.61. The summed E-state index contributed by atoms with van der Waals surface area (Å²) in [4.78, 5) is 0. The molecule has 1 N–H and O–H groups in total. The molecule has 0 saturated heterocycles. The van der Waals surface area contributed by atoms with E-state index in [9.17, 15) is 8.78 Å². The molecular weight excluding hydrogens is 268 g/mol. The molecule has 0 heterocycles. The summed E-state index contributed by atoms with van der Waals surface area (Å²) in [7, 11) is 0. The van der Waals surface area contributed by atoms with Gasteiger partial charge in [0, 0.05) is 6.04 Å². The molecule has 0 radical (unpaired) electrons. The number of hydrogen-bond acceptors (Lipinski definition) is 1. The lowest BCUT2D eigenvalue weighted by atomic mass is 9.98. The Hall–Kier alpha value is -1.74. The highest BCUT2D eigenvalue weighted by molar-refractivity contribution is 5.20. The zero-order valence-electron chi connectivity index (χ0n) is 12.3. The van der Waals surface area contributed by atoms with Crippen LogP contribution in [0.4, 0.5) is 8.78 Å². The van der Waals surface area contributed by atoms with Crippen molar-refractivity contribution < 1.29 is 8.78 Å². The average Bonchev–Trinajstić information content (AvgIpc) is 2.50. The van der Waals surface area contributed by atoms with Crippen molar-refractivity contribution in [1.29, 1.82) is 0 Å². The Morgan fingerprint density at radius 2 is 1.76 bits per heavy atom. The Labute approximate surface area is 125 Å². The van der Waals surface area contributed by atoms with Crippen molar-refractivity contribution >= 4 is 0 Å². The first kappa shape index (κ1) is 15.6. The first-order valence-electron chi connectivity index (χ1n) is 7.41. The SMILES string of the molecule is CCNC(CCc1ccccc1)Cc1cccc(F)c1F. The lowest BCUT2D eigenvalue weighted by Crippen LogP contribution is -2.31. The van der Waals surface area contributed by atoms with Crippen LogP contribution in [0.2, 0.25) is 0 Å². The average molecular weight is 289 g/mol. The highest BCUT2D eigenvalue weighted by Gasteiger charge is 2.14. The predicted octanol–water partition coefficient (Wildman–Crippen LogP) is 4.12. The van der Waals surface area contributed by atoms with Gasteiger partial charge in [-0.2, -0.15) is 0 Å². The van der Waals surface area contributed by atoms with Gasteiger partial charge in [0.05, 0.1) is 0 Å². The molecular formula is C18H21F2N. The second-order valence-corrected chi connectivity index (χ2v) is 5.20. The van der Waals surface area contributed by atoms with E-state index in [4.69, 9.17) is 0 Å². The second-order valence-electron chi connectivity index (χ2n) is 5.20. The largest absolute Gasteiger partial charge is 0.314 e. The summed E-state index contributed by atoms with van der Waals surface area (Å²) in [5, 5.41) is 3.36. The maximum absolute atomic E-state index is 13.8. The number of likely N-dealkylation sites (N-methyl/N-ethyl adjacent to an activating group) is 1. The van der Waals surface area contributed by atoms with Gasteiger partial charge in [0.25, 0.3) is 0 Å². The molecule has 112 valence electrons. The van der Waals surface area contributed by atoms with E-state index in [0.29, 0.717) is 12.0 Å². The van der Waals surface area contributed by atoms with Gasteiger partial charge in [-0.05, 0) is 43.0 Å². The van der Waals surface area contributed by atoms with Crippen LogP contribution in [0, 0.1) is 11.6 Å². The molecule has 0 spiro atoms. The van der Waals surface area contributed by atoms with Crippen molar-refractivity contribution in [3.8, 4) is 0 Å². The van der Waals surface area contributed by atoms with E-state index in [1.54, 1.807) is 12.1 Å². The standard InChI is InChI=1S/C18H21F2N/c1-2-21-16(12-11-14-7-4-3-5-8-14)13-15-9-6-10-17(19)18(15)20/h3-10,16,21H,2,11-13H2,1H3. The topological polar surface area (TPSA) is 12.0 Å². The number of hydrogen-bond donors (Lipinski definition) is 1. The summed E-state index contributed by atoms with van der Waals surface area (Å²) < 4.78 is 27.0. The van der Waals surface area contributed by atoms with Crippen molar-refractivity contribution in [3.63, 3.8) is 0 Å². The zero-order valence-corrected chi connectivity index (χ0v) is 12.3. The first-order valence-corrected chi connectivity index (χ1v) is 7.41. The van der Waals surface area contributed by atoms with Crippen molar-refractivity contribution in [2.24, 2.45) is 0 Å². The minimum atomic E-state index is -0.772. The van der Waals surface area contributed by atoms with E-state index in [0.717, 1.165) is 25.5 Å². The summed E-state index contributed by atoms with van der Waals surface area (Å²) in [6.45, 7) is 2.84. The van der Waals surface area contributed by atoms with Gasteiger partial charge in [-0.15, -0.1) is 0 Å². The van der Waals surface area contributed by atoms with Gasteiger partial charge in [-0.1, -0.05) is 49.4 Å². The molecule has 1 unspecified atom stereocenters. The van der Waals surface area contributed by atoms with Crippen molar-refractivity contribution in [2.75, 3.05) is 6.54 Å². The van der Waals surface area contributed by atoms with E-state index < -0.39 is 11.6 Å². The Bertz CT molecular complexity index is 554. The third-order valence-electron chi connectivity index (χ3n) is 3.61. The summed E-state index contributed by atoms with van der Waals surface area (Å²) >= 11 is 0. The molecule has 0 saturated carbocycles. The maximum Gasteiger partial charge on any atom is 0.162 e. The molecule has 0 aliphatic heterocycles. The van der Waals surface area contributed by atoms with E-state index in [1.807, 2.05) is 25.1 Å². The fourth-order valence-electron chi connectivity index (χ4n) is 2.52. The van der Waals surface area contributed by atoms with Gasteiger partial charge in [-0.3, -0.25) is 0 Å². The fraction of sp³-hybridized carbons (Fsp3) is 0.333. The second kappa shape index (κ2) is 7.89. The van der Waals surface area contributed by atoms with E-state index in [1.165, 1.54) is 5.56 Å². The fourth-order valence-corrected chi connectivity index (χ4v) is 2.52. The summed E-state index contributed by atoms with van der Waals surface area (Å²) in [5.41, 5.74) is 1.70. The number of benzene rings is 2. The van der Waals surface area contributed by atoms with Gasteiger partial charge < -0.3 is 5.32 Å². The molecule has 0 bridgehead atoms. The molecule has 1 nitrogen and oxygen atoms in total. The minimum Gasteiger partial charge on any atom is -0.314 e. The van der Waals surface area contributed by atoms with Crippen molar-refractivity contribution in [2.45, 2.75) is 32.2 Å². The Balaban J connectivity index is 2.00. The van der Waals surface area contributed by atoms with Crippen LogP contribution < -0.4 is 5.32 Å². The molecule has 2 aromatic rings. The molecule has 0 aliphatic carbocycles. The number of rotatable bonds is 7. The Morgan fingerprint density at radius 1 is 1.00 bits per heavy atom. The van der Waals surface area contributed by atoms with Crippen molar-refractivity contribution in [3.05, 3.63) is 71.3 Å². The van der Waals surface area contributed by atoms with Crippen molar-refractivity contribution in [1.82, 2.24) is 5.32 Å². The minimum absolute atomic E-state index is 0.145. The summed E-state index contributed by atoms with van der Waals surface area (Å²) in [6.07, 6.45) is 2.33. The third kappa shape index (κ3) is 4.64. The predicted molar refractivity (Wildman–Crippen MR) is 82.3 cm³/mol. The Morgan fingerprint density at radius 3 is 2.48 bits per heavy atom. The highest BCUT2D eigenvalue weighted by atomic mass is 19.2. The molecule has 1 atom stereocenters. The zero-order chi connectivity index (χ0) is 15.1. The molecule has 0 aliphatic rings. The monoisotopic (exact) mass is 289 g/mol. The normalized spacial score (nSPS) is 12.3. The smallest absolute Gasteiger partial charge is 0.162 e. The molecule has 2 aromatic carbocycles. The maximum atomic E-state index is 13.8. The molecule has 0 fully saturated rings. The number of halogens is 2. The van der Waals surface area contributed by atoms with Gasteiger partial charge >= 0.3 is 0 Å². The van der Waals surface area contributed by atoms with Crippen LogP contribution in [0.15, 0.2) is 48.5 Å². The number of nitrogens with one attached hydrogen (secondary N) is 1. The van der Waals surface area contributed by atoms with Gasteiger partial charge in [-0.25, -0.2) is 8.78 Å². The quantitative estimate of drug-likeness (QED) is 0.808. The van der Waals surface area contributed by atoms with Crippen LogP contribution in [0.25, 0.3) is 0 Å². The molecule has 0 aromatic heterocycles.